The van der Waals surface area contributed by atoms with Gasteiger partial charge in [0.05, 0.1) is 30.7 Å². The van der Waals surface area contributed by atoms with Gasteiger partial charge >= 0.3 is 5.96 Å². The van der Waals surface area contributed by atoms with Crippen molar-refractivity contribution in [2.24, 2.45) is 4.99 Å². The predicted octanol–water partition coefficient (Wildman–Crippen LogP) is 4.63. The van der Waals surface area contributed by atoms with Crippen LogP contribution in [-0.4, -0.2) is 120 Å². The summed E-state index contributed by atoms with van der Waals surface area (Å²) < 4.78 is 2.53. The van der Waals surface area contributed by atoms with Gasteiger partial charge in [-0.15, -0.1) is 0 Å². The van der Waals surface area contributed by atoms with Gasteiger partial charge in [-0.1, -0.05) is 0 Å². The average molecular weight is 511 g/mol. The molecule has 0 aliphatic rings. The van der Waals surface area contributed by atoms with E-state index in [2.05, 4.69) is 120 Å². The van der Waals surface area contributed by atoms with Gasteiger partial charge < -0.3 is 14.7 Å². The van der Waals surface area contributed by atoms with Crippen molar-refractivity contribution in [1.82, 2.24) is 24.9 Å². The molecular formula is C29H64N7+. The molecule has 0 spiro atoms. The lowest BCUT2D eigenvalue weighted by atomic mass is 10.2. The van der Waals surface area contributed by atoms with Crippen LogP contribution in [0.2, 0.25) is 0 Å². The third-order valence-electron chi connectivity index (χ3n) is 6.76. The van der Waals surface area contributed by atoms with Crippen molar-refractivity contribution in [1.29, 1.82) is 0 Å². The Bertz CT molecular complexity index is 585. The van der Waals surface area contributed by atoms with Gasteiger partial charge in [0, 0.05) is 39.3 Å². The molecule has 214 valence electrons. The van der Waals surface area contributed by atoms with Crippen LogP contribution in [0, 0.1) is 0 Å². The SMILES string of the molecule is CCN(CC)C(=NCCCN(C)CCCNC(N(C(C)C)C(C)C)=[N+](C(C)C)C(C)C)N(CC)CC. The molecule has 0 unspecified atom stereocenters. The summed E-state index contributed by atoms with van der Waals surface area (Å²) in [6.45, 7) is 35.3. The second kappa shape index (κ2) is 18.7. The summed E-state index contributed by atoms with van der Waals surface area (Å²) in [5, 5.41) is 3.84. The Labute approximate surface area is 226 Å². The topological polar surface area (TPSA) is 40.4 Å². The van der Waals surface area contributed by atoms with Crippen molar-refractivity contribution >= 4 is 11.9 Å². The minimum absolute atomic E-state index is 0.452. The summed E-state index contributed by atoms with van der Waals surface area (Å²) in [5.74, 6) is 2.45. The van der Waals surface area contributed by atoms with Crippen LogP contribution in [-0.2, 0) is 0 Å². The zero-order valence-electron chi connectivity index (χ0n) is 26.6. The van der Waals surface area contributed by atoms with Crippen LogP contribution in [0.15, 0.2) is 4.99 Å². The first kappa shape index (κ1) is 34.5. The van der Waals surface area contributed by atoms with Gasteiger partial charge in [0.25, 0.3) is 0 Å². The number of rotatable bonds is 16. The molecule has 7 nitrogen and oxygen atoms in total. The number of hydrogen-bond acceptors (Lipinski definition) is 2. The first-order valence-electron chi connectivity index (χ1n) is 14.9. The molecule has 0 aliphatic heterocycles. The second-order valence-corrected chi connectivity index (χ2v) is 11.0. The highest BCUT2D eigenvalue weighted by atomic mass is 15.4. The van der Waals surface area contributed by atoms with E-state index in [-0.39, 0.29) is 0 Å². The zero-order valence-corrected chi connectivity index (χ0v) is 26.6. The molecule has 0 aromatic heterocycles. The Morgan fingerprint density at radius 1 is 0.722 bits per heavy atom. The maximum absolute atomic E-state index is 5.02. The van der Waals surface area contributed by atoms with E-state index >= 15 is 0 Å². The molecule has 0 radical (unpaired) electrons. The number of hydrogen-bond donors (Lipinski definition) is 1. The molecule has 0 fully saturated rings. The Hall–Kier alpha value is -1.50. The smallest absolute Gasteiger partial charge is 0.343 e. The predicted molar refractivity (Wildman–Crippen MR) is 161 cm³/mol. The van der Waals surface area contributed by atoms with Crippen molar-refractivity contribution in [3.8, 4) is 0 Å². The highest BCUT2D eigenvalue weighted by Gasteiger charge is 2.30. The van der Waals surface area contributed by atoms with E-state index in [9.17, 15) is 0 Å². The van der Waals surface area contributed by atoms with Crippen molar-refractivity contribution in [2.45, 2.75) is 120 Å². The van der Waals surface area contributed by atoms with Gasteiger partial charge in [-0.2, -0.15) is 0 Å². The van der Waals surface area contributed by atoms with E-state index < -0.39 is 0 Å². The van der Waals surface area contributed by atoms with Crippen LogP contribution < -0.4 is 5.32 Å². The minimum Gasteiger partial charge on any atom is -0.343 e. The van der Waals surface area contributed by atoms with Gasteiger partial charge in [0.2, 0.25) is 0 Å². The summed E-state index contributed by atoms with van der Waals surface area (Å²) in [5.41, 5.74) is 0. The highest BCUT2D eigenvalue weighted by Crippen LogP contribution is 2.09. The number of nitrogens with zero attached hydrogens (tertiary/aromatic N) is 6. The Balaban J connectivity index is 5.01. The van der Waals surface area contributed by atoms with E-state index in [1.165, 1.54) is 11.9 Å². The van der Waals surface area contributed by atoms with Crippen molar-refractivity contribution in [3.63, 3.8) is 0 Å². The van der Waals surface area contributed by atoms with Crippen LogP contribution in [0.4, 0.5) is 0 Å². The van der Waals surface area contributed by atoms with Gasteiger partial charge in [0.1, 0.15) is 0 Å². The van der Waals surface area contributed by atoms with Gasteiger partial charge in [-0.25, -0.2) is 0 Å². The van der Waals surface area contributed by atoms with E-state index in [4.69, 9.17) is 4.99 Å². The molecule has 0 aliphatic carbocycles. The molecular weight excluding hydrogens is 446 g/mol. The minimum atomic E-state index is 0.452. The standard InChI is InChI=1S/C29H63N7/c1-14-33(15-2)28(34(16-3)17-4)30-20-18-22-32(13)23-19-21-31-29(35(24(5)6)25(7)8)36(26(9)10)27(11)12/h24-27H,14-23H2,1-13H3/p+1. The summed E-state index contributed by atoms with van der Waals surface area (Å²) in [4.78, 5) is 14.8. The van der Waals surface area contributed by atoms with E-state index in [1.807, 2.05) is 0 Å². The fourth-order valence-electron chi connectivity index (χ4n) is 5.08. The Morgan fingerprint density at radius 3 is 1.56 bits per heavy atom. The van der Waals surface area contributed by atoms with Gasteiger partial charge in [-0.3, -0.25) is 19.8 Å². The first-order chi connectivity index (χ1) is 17.0. The lowest BCUT2D eigenvalue weighted by Gasteiger charge is -2.32. The molecule has 1 N–H and O–H groups in total. The van der Waals surface area contributed by atoms with Crippen LogP contribution in [0.3, 0.4) is 0 Å². The molecule has 0 bridgehead atoms. The summed E-state index contributed by atoms with van der Waals surface area (Å²) in [6.07, 6.45) is 2.22. The van der Waals surface area contributed by atoms with E-state index in [0.29, 0.717) is 24.2 Å². The molecule has 0 atom stereocenters. The molecule has 0 heterocycles. The van der Waals surface area contributed by atoms with Crippen LogP contribution in [0.25, 0.3) is 0 Å². The summed E-state index contributed by atoms with van der Waals surface area (Å²) in [6, 6.07) is 1.81. The molecule has 0 rings (SSSR count). The third-order valence-corrected chi connectivity index (χ3v) is 6.76. The first-order valence-corrected chi connectivity index (χ1v) is 14.9. The molecule has 0 aromatic carbocycles. The molecule has 0 saturated heterocycles. The van der Waals surface area contributed by atoms with Crippen LogP contribution >= 0.6 is 0 Å². The zero-order chi connectivity index (χ0) is 27.8. The average Bonchev–Trinajstić information content (AvgIpc) is 2.79. The lowest BCUT2D eigenvalue weighted by Crippen LogP contribution is -2.56. The summed E-state index contributed by atoms with van der Waals surface area (Å²) >= 11 is 0. The van der Waals surface area contributed by atoms with Crippen molar-refractivity contribution in [2.75, 3.05) is 59.4 Å². The third kappa shape index (κ3) is 11.7. The molecule has 0 aromatic rings. The highest BCUT2D eigenvalue weighted by molar-refractivity contribution is 5.80. The lowest BCUT2D eigenvalue weighted by molar-refractivity contribution is -0.594. The fourth-order valence-corrected chi connectivity index (χ4v) is 5.08. The van der Waals surface area contributed by atoms with Gasteiger partial charge in [-0.05, 0) is 110 Å². The maximum Gasteiger partial charge on any atom is 0.348 e. The van der Waals surface area contributed by atoms with Crippen LogP contribution in [0.5, 0.6) is 0 Å². The van der Waals surface area contributed by atoms with E-state index in [1.54, 1.807) is 0 Å². The van der Waals surface area contributed by atoms with Crippen molar-refractivity contribution < 1.29 is 4.58 Å². The second-order valence-electron chi connectivity index (χ2n) is 11.0. The molecule has 7 heteroatoms. The number of aliphatic imine (C=N–C) groups is 1. The van der Waals surface area contributed by atoms with Gasteiger partial charge in [0.15, 0.2) is 5.96 Å². The van der Waals surface area contributed by atoms with E-state index in [0.717, 1.165) is 65.2 Å². The largest absolute Gasteiger partial charge is 0.348 e. The molecule has 36 heavy (non-hydrogen) atoms. The van der Waals surface area contributed by atoms with Crippen LogP contribution in [0.1, 0.15) is 95.9 Å². The molecule has 0 saturated carbocycles. The quantitative estimate of drug-likeness (QED) is 0.142. The number of nitrogens with one attached hydrogen (secondary N) is 1. The number of guanidine groups is 2. The Kier molecular flexibility index (Phi) is 17.9. The van der Waals surface area contributed by atoms with Crippen molar-refractivity contribution in [3.05, 3.63) is 0 Å². The summed E-state index contributed by atoms with van der Waals surface area (Å²) in [7, 11) is 2.24. The Morgan fingerprint density at radius 2 is 1.17 bits per heavy atom. The fraction of sp³-hybridized carbons (Fsp3) is 0.931. The monoisotopic (exact) mass is 511 g/mol. The molecule has 0 amide bonds. The maximum atomic E-state index is 5.02. The normalized spacial score (nSPS) is 11.6.